The molecule has 1 saturated heterocycles. The van der Waals surface area contributed by atoms with Gasteiger partial charge >= 0.3 is 0 Å². The zero-order valence-corrected chi connectivity index (χ0v) is 12.5. The number of benzene rings is 1. The van der Waals surface area contributed by atoms with Gasteiger partial charge in [0.1, 0.15) is 17.2 Å². The predicted octanol–water partition coefficient (Wildman–Crippen LogP) is 3.52. The number of rotatable bonds is 4. The molecule has 1 fully saturated rings. The van der Waals surface area contributed by atoms with Crippen LogP contribution in [0.5, 0.6) is 0 Å². The lowest BCUT2D eigenvalue weighted by molar-refractivity contribution is 0.102. The lowest BCUT2D eigenvalue weighted by Gasteiger charge is -2.17. The summed E-state index contributed by atoms with van der Waals surface area (Å²) in [5, 5.41) is 0. The van der Waals surface area contributed by atoms with Crippen molar-refractivity contribution >= 4 is 22.6 Å². The van der Waals surface area contributed by atoms with Gasteiger partial charge in [-0.05, 0) is 19.4 Å². The van der Waals surface area contributed by atoms with E-state index in [1.165, 1.54) is 6.07 Å². The molecule has 0 spiro atoms. The van der Waals surface area contributed by atoms with Crippen LogP contribution in [0.25, 0.3) is 11.0 Å². The Balaban J connectivity index is 2.06. The summed E-state index contributed by atoms with van der Waals surface area (Å²) in [7, 11) is 0. The van der Waals surface area contributed by atoms with Crippen molar-refractivity contribution in [3.63, 3.8) is 0 Å². The van der Waals surface area contributed by atoms with Gasteiger partial charge in [0, 0.05) is 37.4 Å². The van der Waals surface area contributed by atoms with Crippen LogP contribution in [0.2, 0.25) is 0 Å². The number of nitrogens with zero attached hydrogens (tertiary/aromatic N) is 2. The summed E-state index contributed by atoms with van der Waals surface area (Å²) in [6, 6.07) is 2.20. The first-order valence-corrected chi connectivity index (χ1v) is 7.65. The highest BCUT2D eigenvalue weighted by molar-refractivity contribution is 6.17. The van der Waals surface area contributed by atoms with E-state index < -0.39 is 11.6 Å². The number of aromatic nitrogens is 2. The van der Waals surface area contributed by atoms with Crippen LogP contribution in [0, 0.1) is 17.6 Å². The summed E-state index contributed by atoms with van der Waals surface area (Å²) in [4.78, 5) is 4.31. The lowest BCUT2D eigenvalue weighted by atomic mass is 10.0. The van der Waals surface area contributed by atoms with Crippen molar-refractivity contribution < 1.29 is 13.5 Å². The number of alkyl halides is 1. The van der Waals surface area contributed by atoms with Gasteiger partial charge in [0.05, 0.1) is 11.6 Å². The molecule has 0 radical (unpaired) electrons. The largest absolute Gasteiger partial charge is 0.378 e. The van der Waals surface area contributed by atoms with E-state index in [1.54, 1.807) is 0 Å². The molecule has 1 aromatic heterocycles. The fraction of sp³-hybridized carbons (Fsp3) is 0.533. The van der Waals surface area contributed by atoms with Crippen LogP contribution in [0.4, 0.5) is 8.78 Å². The average molecular weight is 315 g/mol. The highest BCUT2D eigenvalue weighted by atomic mass is 35.5. The van der Waals surface area contributed by atoms with E-state index >= 15 is 0 Å². The fourth-order valence-corrected chi connectivity index (χ4v) is 3.10. The standard InChI is InChI=1S/C15H17ClF2N2O/c1-9-10(3-5-21-9)8-20-13-7-11(17)6-12(18)15(13)19-14(20)2-4-16/h6-7,9-10H,2-5,8H2,1H3. The van der Waals surface area contributed by atoms with Crippen LogP contribution < -0.4 is 0 Å². The number of halogens is 3. The first kappa shape index (κ1) is 14.7. The Morgan fingerprint density at radius 1 is 1.43 bits per heavy atom. The molecule has 0 N–H and O–H groups in total. The van der Waals surface area contributed by atoms with Crippen LogP contribution >= 0.6 is 11.6 Å². The van der Waals surface area contributed by atoms with Crippen LogP contribution in [0.15, 0.2) is 12.1 Å². The summed E-state index contributed by atoms with van der Waals surface area (Å²) >= 11 is 5.81. The fourth-order valence-electron chi connectivity index (χ4n) is 2.93. The van der Waals surface area contributed by atoms with Crippen LogP contribution in [0.1, 0.15) is 19.2 Å². The number of imidazole rings is 1. The number of aryl methyl sites for hydroxylation is 1. The maximum Gasteiger partial charge on any atom is 0.153 e. The number of hydrogen-bond acceptors (Lipinski definition) is 2. The third kappa shape index (κ3) is 2.77. The Labute approximate surface area is 126 Å². The van der Waals surface area contributed by atoms with Gasteiger partial charge in [-0.15, -0.1) is 11.6 Å². The molecule has 1 aliphatic rings. The van der Waals surface area contributed by atoms with E-state index in [9.17, 15) is 8.78 Å². The van der Waals surface area contributed by atoms with Gasteiger partial charge in [0.2, 0.25) is 0 Å². The Kier molecular flexibility index (Phi) is 4.13. The van der Waals surface area contributed by atoms with Crippen molar-refractivity contribution in [1.29, 1.82) is 0 Å². The number of ether oxygens (including phenoxy) is 1. The van der Waals surface area contributed by atoms with Gasteiger partial charge in [0.15, 0.2) is 5.82 Å². The molecule has 0 saturated carbocycles. The minimum Gasteiger partial charge on any atom is -0.378 e. The smallest absolute Gasteiger partial charge is 0.153 e. The normalized spacial score (nSPS) is 22.3. The van der Waals surface area contributed by atoms with Gasteiger partial charge in [-0.3, -0.25) is 0 Å². The molecule has 0 aliphatic carbocycles. The first-order chi connectivity index (χ1) is 10.1. The third-order valence-electron chi connectivity index (χ3n) is 4.12. The Hall–Kier alpha value is -1.20. The van der Waals surface area contributed by atoms with Crippen molar-refractivity contribution in [1.82, 2.24) is 9.55 Å². The van der Waals surface area contributed by atoms with E-state index in [1.807, 2.05) is 11.5 Å². The molecule has 114 valence electrons. The summed E-state index contributed by atoms with van der Waals surface area (Å²) in [6.45, 7) is 3.40. The Morgan fingerprint density at radius 3 is 2.90 bits per heavy atom. The minimum absolute atomic E-state index is 0.143. The predicted molar refractivity (Wildman–Crippen MR) is 77.6 cm³/mol. The SMILES string of the molecule is CC1OCCC1Cn1c(CCCl)nc2c(F)cc(F)cc21. The van der Waals surface area contributed by atoms with Crippen molar-refractivity contribution in [2.24, 2.45) is 5.92 Å². The number of hydrogen-bond donors (Lipinski definition) is 0. The molecule has 0 bridgehead atoms. The molecule has 21 heavy (non-hydrogen) atoms. The quantitative estimate of drug-likeness (QED) is 0.807. The van der Waals surface area contributed by atoms with Crippen LogP contribution in [-0.2, 0) is 17.7 Å². The molecule has 2 aromatic rings. The second-order valence-electron chi connectivity index (χ2n) is 5.46. The molecular weight excluding hydrogens is 298 g/mol. The van der Waals surface area contributed by atoms with E-state index in [-0.39, 0.29) is 11.6 Å². The average Bonchev–Trinajstić information content (AvgIpc) is 2.97. The van der Waals surface area contributed by atoms with Crippen molar-refractivity contribution in [2.45, 2.75) is 32.4 Å². The molecule has 3 nitrogen and oxygen atoms in total. The molecule has 1 aliphatic heterocycles. The second-order valence-corrected chi connectivity index (χ2v) is 5.84. The monoisotopic (exact) mass is 314 g/mol. The van der Waals surface area contributed by atoms with Gasteiger partial charge in [-0.25, -0.2) is 13.8 Å². The van der Waals surface area contributed by atoms with Gasteiger partial charge in [0.25, 0.3) is 0 Å². The number of fused-ring (bicyclic) bond motifs is 1. The Bertz CT molecular complexity index is 659. The maximum absolute atomic E-state index is 13.9. The van der Waals surface area contributed by atoms with E-state index in [2.05, 4.69) is 4.98 Å². The molecule has 2 unspecified atom stereocenters. The van der Waals surface area contributed by atoms with Crippen LogP contribution in [0.3, 0.4) is 0 Å². The molecule has 2 heterocycles. The summed E-state index contributed by atoms with van der Waals surface area (Å²) in [6.07, 6.45) is 1.61. The highest BCUT2D eigenvalue weighted by Gasteiger charge is 2.26. The van der Waals surface area contributed by atoms with Crippen molar-refractivity contribution in [3.8, 4) is 0 Å². The molecular formula is C15H17ClF2N2O. The molecule has 6 heteroatoms. The van der Waals surface area contributed by atoms with E-state index in [0.29, 0.717) is 36.1 Å². The third-order valence-corrected chi connectivity index (χ3v) is 4.31. The zero-order chi connectivity index (χ0) is 15.0. The molecule has 2 atom stereocenters. The Morgan fingerprint density at radius 2 is 2.24 bits per heavy atom. The van der Waals surface area contributed by atoms with E-state index in [0.717, 1.165) is 19.1 Å². The van der Waals surface area contributed by atoms with Gasteiger partial charge < -0.3 is 9.30 Å². The highest BCUT2D eigenvalue weighted by Crippen LogP contribution is 2.27. The summed E-state index contributed by atoms with van der Waals surface area (Å²) < 4.78 is 34.9. The van der Waals surface area contributed by atoms with Crippen molar-refractivity contribution in [3.05, 3.63) is 29.6 Å². The zero-order valence-electron chi connectivity index (χ0n) is 11.8. The lowest BCUT2D eigenvalue weighted by Crippen LogP contribution is -2.19. The van der Waals surface area contributed by atoms with Gasteiger partial charge in [-0.1, -0.05) is 0 Å². The second kappa shape index (κ2) is 5.89. The minimum atomic E-state index is -0.629. The van der Waals surface area contributed by atoms with E-state index in [4.69, 9.17) is 16.3 Å². The summed E-state index contributed by atoms with van der Waals surface area (Å²) in [5.41, 5.74) is 0.704. The first-order valence-electron chi connectivity index (χ1n) is 7.12. The molecule has 3 rings (SSSR count). The van der Waals surface area contributed by atoms with Crippen LogP contribution in [-0.4, -0.2) is 28.1 Å². The maximum atomic E-state index is 13.9. The molecule has 0 amide bonds. The topological polar surface area (TPSA) is 27.1 Å². The van der Waals surface area contributed by atoms with Crippen molar-refractivity contribution in [2.75, 3.05) is 12.5 Å². The van der Waals surface area contributed by atoms with Gasteiger partial charge in [-0.2, -0.15) is 0 Å². The summed E-state index contributed by atoms with van der Waals surface area (Å²) in [5.74, 6) is 0.195. The molecule has 1 aromatic carbocycles.